The van der Waals surface area contributed by atoms with Crippen LogP contribution in [0.15, 0.2) is 36.4 Å². The smallest absolute Gasteiger partial charge is 0.155 e. The lowest BCUT2D eigenvalue weighted by atomic mass is 10.3. The Kier molecular flexibility index (Phi) is 5.01. The Labute approximate surface area is 118 Å². The number of aromatic nitrogens is 2. The minimum absolute atomic E-state index is 0.245. The van der Waals surface area contributed by atoms with Gasteiger partial charge in [-0.05, 0) is 49.4 Å². The molecule has 20 heavy (non-hydrogen) atoms. The van der Waals surface area contributed by atoms with Gasteiger partial charge in [0, 0.05) is 19.3 Å². The Morgan fingerprint density at radius 3 is 2.45 bits per heavy atom. The van der Waals surface area contributed by atoms with Crippen molar-refractivity contribution in [3.63, 3.8) is 0 Å². The van der Waals surface area contributed by atoms with E-state index in [1.807, 2.05) is 24.1 Å². The highest BCUT2D eigenvalue weighted by molar-refractivity contribution is 5.58. The lowest BCUT2D eigenvalue weighted by molar-refractivity contribution is 0.628. The average Bonchev–Trinajstić information content (AvgIpc) is 2.48. The van der Waals surface area contributed by atoms with E-state index in [0.717, 1.165) is 36.7 Å². The molecule has 0 bridgehead atoms. The third-order valence-corrected chi connectivity index (χ3v) is 3.00. The predicted octanol–water partition coefficient (Wildman–Crippen LogP) is 2.88. The fraction of sp³-hybridized carbons (Fsp3) is 0.333. The zero-order chi connectivity index (χ0) is 14.4. The van der Waals surface area contributed by atoms with Gasteiger partial charge in [-0.3, -0.25) is 0 Å². The molecule has 2 rings (SSSR count). The molecule has 0 atom stereocenters. The van der Waals surface area contributed by atoms with Gasteiger partial charge < -0.3 is 10.2 Å². The van der Waals surface area contributed by atoms with E-state index < -0.39 is 0 Å². The van der Waals surface area contributed by atoms with Gasteiger partial charge in [-0.15, -0.1) is 5.10 Å². The fourth-order valence-corrected chi connectivity index (χ4v) is 1.82. The van der Waals surface area contributed by atoms with Crippen molar-refractivity contribution >= 4 is 11.5 Å². The molecule has 0 amide bonds. The van der Waals surface area contributed by atoms with E-state index in [-0.39, 0.29) is 5.82 Å². The highest BCUT2D eigenvalue weighted by Gasteiger charge is 2.06. The summed E-state index contributed by atoms with van der Waals surface area (Å²) in [6.45, 7) is 3.82. The molecule has 0 aliphatic heterocycles. The molecule has 0 fully saturated rings. The number of hydrogen-bond donors (Lipinski definition) is 1. The van der Waals surface area contributed by atoms with Crippen molar-refractivity contribution in [1.82, 2.24) is 15.5 Å². The second kappa shape index (κ2) is 6.96. The van der Waals surface area contributed by atoms with Gasteiger partial charge in [0.1, 0.15) is 5.82 Å². The molecule has 0 saturated heterocycles. The average molecular weight is 274 g/mol. The van der Waals surface area contributed by atoms with Gasteiger partial charge in [0.25, 0.3) is 0 Å². The lowest BCUT2D eigenvalue weighted by Crippen LogP contribution is -2.16. The first-order valence-corrected chi connectivity index (χ1v) is 6.73. The third-order valence-electron chi connectivity index (χ3n) is 3.00. The summed E-state index contributed by atoms with van der Waals surface area (Å²) in [4.78, 5) is 1.87. The minimum atomic E-state index is -0.245. The number of benzene rings is 1. The molecular formula is C15H19FN4. The molecule has 5 heteroatoms. The number of nitrogens with zero attached hydrogens (tertiary/aromatic N) is 3. The summed E-state index contributed by atoms with van der Waals surface area (Å²) in [6.07, 6.45) is 1.10. The van der Waals surface area contributed by atoms with Crippen LogP contribution in [0.3, 0.4) is 0 Å². The topological polar surface area (TPSA) is 41.0 Å². The Bertz CT molecular complexity index is 525. The third kappa shape index (κ3) is 3.74. The summed E-state index contributed by atoms with van der Waals surface area (Å²) in [7, 11) is 1.88. The Morgan fingerprint density at radius 2 is 1.85 bits per heavy atom. The van der Waals surface area contributed by atoms with Crippen LogP contribution in [-0.4, -0.2) is 23.8 Å². The summed E-state index contributed by atoms with van der Waals surface area (Å²) in [5.74, 6) is 0.487. The van der Waals surface area contributed by atoms with Gasteiger partial charge in [-0.2, -0.15) is 5.10 Å². The van der Waals surface area contributed by atoms with Gasteiger partial charge in [-0.1, -0.05) is 6.92 Å². The van der Waals surface area contributed by atoms with E-state index in [0.29, 0.717) is 0 Å². The van der Waals surface area contributed by atoms with E-state index in [9.17, 15) is 4.39 Å². The Morgan fingerprint density at radius 1 is 1.10 bits per heavy atom. The molecule has 0 saturated carbocycles. The number of halogens is 1. The first-order valence-electron chi connectivity index (χ1n) is 6.73. The normalized spacial score (nSPS) is 10.6. The van der Waals surface area contributed by atoms with Crippen LogP contribution in [0.2, 0.25) is 0 Å². The van der Waals surface area contributed by atoms with E-state index >= 15 is 0 Å². The van der Waals surface area contributed by atoms with Crippen molar-refractivity contribution in [3.8, 4) is 0 Å². The van der Waals surface area contributed by atoms with Crippen molar-refractivity contribution in [2.75, 3.05) is 18.5 Å². The monoisotopic (exact) mass is 274 g/mol. The van der Waals surface area contributed by atoms with Crippen molar-refractivity contribution in [2.24, 2.45) is 0 Å². The molecule has 0 unspecified atom stereocenters. The summed E-state index contributed by atoms with van der Waals surface area (Å²) < 4.78 is 12.9. The number of hydrogen-bond acceptors (Lipinski definition) is 4. The van der Waals surface area contributed by atoms with Crippen LogP contribution in [0.1, 0.15) is 19.0 Å². The molecule has 2 aromatic rings. The maximum absolute atomic E-state index is 12.9. The predicted molar refractivity (Wildman–Crippen MR) is 78.5 cm³/mol. The van der Waals surface area contributed by atoms with Crippen LogP contribution >= 0.6 is 0 Å². The first-order chi connectivity index (χ1) is 9.70. The maximum Gasteiger partial charge on any atom is 0.155 e. The zero-order valence-electron chi connectivity index (χ0n) is 11.8. The second-order valence-corrected chi connectivity index (χ2v) is 4.60. The Hall–Kier alpha value is -2.01. The maximum atomic E-state index is 12.9. The number of anilines is 2. The number of nitrogens with one attached hydrogen (secondary N) is 1. The quantitative estimate of drug-likeness (QED) is 0.822. The van der Waals surface area contributed by atoms with Crippen molar-refractivity contribution in [1.29, 1.82) is 0 Å². The van der Waals surface area contributed by atoms with E-state index in [1.165, 1.54) is 12.1 Å². The lowest BCUT2D eigenvalue weighted by Gasteiger charge is -2.17. The molecular weight excluding hydrogens is 255 g/mol. The van der Waals surface area contributed by atoms with Crippen LogP contribution < -0.4 is 10.2 Å². The van der Waals surface area contributed by atoms with Gasteiger partial charge in [-0.25, -0.2) is 4.39 Å². The molecule has 106 valence electrons. The molecule has 0 radical (unpaired) electrons. The standard InChI is InChI=1S/C15H19FN4/c1-3-10-17-11-13-6-9-15(19-18-13)20(2)14-7-4-12(16)5-8-14/h4-9,17H,3,10-11H2,1-2H3. The molecule has 1 heterocycles. The highest BCUT2D eigenvalue weighted by atomic mass is 19.1. The SMILES string of the molecule is CCCNCc1ccc(N(C)c2ccc(F)cc2)nn1. The molecule has 4 nitrogen and oxygen atoms in total. The van der Waals surface area contributed by atoms with E-state index in [1.54, 1.807) is 12.1 Å². The molecule has 1 N–H and O–H groups in total. The van der Waals surface area contributed by atoms with Crippen LogP contribution in [0.5, 0.6) is 0 Å². The van der Waals surface area contributed by atoms with Crippen LogP contribution in [0, 0.1) is 5.82 Å². The summed E-state index contributed by atoms with van der Waals surface area (Å²) in [5.41, 5.74) is 1.78. The largest absolute Gasteiger partial charge is 0.328 e. The Balaban J connectivity index is 2.03. The molecule has 0 spiro atoms. The summed E-state index contributed by atoms with van der Waals surface area (Å²) in [6, 6.07) is 10.2. The van der Waals surface area contributed by atoms with Gasteiger partial charge in [0.05, 0.1) is 5.69 Å². The molecule has 1 aromatic heterocycles. The number of rotatable bonds is 6. The fourth-order valence-electron chi connectivity index (χ4n) is 1.82. The minimum Gasteiger partial charge on any atom is -0.328 e. The second-order valence-electron chi connectivity index (χ2n) is 4.60. The first kappa shape index (κ1) is 14.4. The van der Waals surface area contributed by atoms with Gasteiger partial charge in [0.2, 0.25) is 0 Å². The van der Waals surface area contributed by atoms with Crippen molar-refractivity contribution in [3.05, 3.63) is 47.9 Å². The van der Waals surface area contributed by atoms with Gasteiger partial charge in [0.15, 0.2) is 5.82 Å². The van der Waals surface area contributed by atoms with Crippen molar-refractivity contribution in [2.45, 2.75) is 19.9 Å². The summed E-state index contributed by atoms with van der Waals surface area (Å²) >= 11 is 0. The molecule has 0 aliphatic rings. The highest BCUT2D eigenvalue weighted by Crippen LogP contribution is 2.20. The van der Waals surface area contributed by atoms with E-state index in [2.05, 4.69) is 22.4 Å². The van der Waals surface area contributed by atoms with Crippen LogP contribution in [0.4, 0.5) is 15.9 Å². The van der Waals surface area contributed by atoms with E-state index in [4.69, 9.17) is 0 Å². The van der Waals surface area contributed by atoms with Crippen molar-refractivity contribution < 1.29 is 4.39 Å². The molecule has 0 aliphatic carbocycles. The molecule has 1 aromatic carbocycles. The zero-order valence-corrected chi connectivity index (χ0v) is 11.8. The van der Waals surface area contributed by atoms with Gasteiger partial charge >= 0.3 is 0 Å². The summed E-state index contributed by atoms with van der Waals surface area (Å²) in [5, 5.41) is 11.7. The van der Waals surface area contributed by atoms with Crippen LogP contribution in [-0.2, 0) is 6.54 Å². The van der Waals surface area contributed by atoms with Crippen LogP contribution in [0.25, 0.3) is 0 Å².